The fourth-order valence-electron chi connectivity index (χ4n) is 0.973. The van der Waals surface area contributed by atoms with E-state index in [1.807, 2.05) is 0 Å². The van der Waals surface area contributed by atoms with Crippen LogP contribution in [0.4, 0.5) is 0 Å². The molecule has 0 aromatic heterocycles. The highest BCUT2D eigenvalue weighted by molar-refractivity contribution is 5.97. The summed E-state index contributed by atoms with van der Waals surface area (Å²) in [6.07, 6.45) is 0. The quantitative estimate of drug-likeness (QED) is 0.157. The fourth-order valence-corrected chi connectivity index (χ4v) is 0.973. The van der Waals surface area contributed by atoms with E-state index in [1.165, 1.54) is 12.1 Å². The van der Waals surface area contributed by atoms with E-state index in [0.29, 0.717) is 0 Å². The summed E-state index contributed by atoms with van der Waals surface area (Å²) in [7, 11) is 0. The van der Waals surface area contributed by atoms with Crippen LogP contribution in [0.1, 0.15) is 10.4 Å². The van der Waals surface area contributed by atoms with E-state index in [0.717, 1.165) is 6.07 Å². The molecule has 0 bridgehead atoms. The summed E-state index contributed by atoms with van der Waals surface area (Å²) in [4.78, 5) is 11.4. The smallest absolute Gasteiger partial charge is 0.251 e. The van der Waals surface area contributed by atoms with Crippen LogP contribution in [0.3, 0.4) is 0 Å². The number of phenols is 2. The second-order valence-electron chi connectivity index (χ2n) is 2.98. The van der Waals surface area contributed by atoms with E-state index in [4.69, 9.17) is 21.2 Å². The van der Waals surface area contributed by atoms with Gasteiger partial charge in [-0.2, -0.15) is 0 Å². The van der Waals surface area contributed by atoms with E-state index in [1.54, 1.807) is 0 Å². The van der Waals surface area contributed by atoms with Crippen LogP contribution in [0.2, 0.25) is 0 Å². The van der Waals surface area contributed by atoms with Crippen molar-refractivity contribution in [2.75, 3.05) is 6.54 Å². The second kappa shape index (κ2) is 4.87. The number of aromatic hydroxyl groups is 2. The van der Waals surface area contributed by atoms with Gasteiger partial charge in [0.25, 0.3) is 5.91 Å². The molecule has 1 rings (SSSR count). The molecule has 1 aromatic rings. The summed E-state index contributed by atoms with van der Waals surface area (Å²) in [5, 5.41) is 31.4. The first kappa shape index (κ1) is 11.6. The predicted molar refractivity (Wildman–Crippen MR) is 55.5 cm³/mol. The van der Waals surface area contributed by atoms with Gasteiger partial charge in [0.05, 0.1) is 6.54 Å². The molecule has 0 radical (unpaired) electrons. The van der Waals surface area contributed by atoms with Crippen LogP contribution in [0.25, 0.3) is 0 Å². The molecule has 0 atom stereocenters. The maximum absolute atomic E-state index is 11.4. The van der Waals surface area contributed by atoms with Crippen molar-refractivity contribution in [3.8, 4) is 11.5 Å². The molecule has 0 aliphatic rings. The molecular formula is C9H11N3O4. The highest BCUT2D eigenvalue weighted by Crippen LogP contribution is 2.24. The number of benzene rings is 1. The van der Waals surface area contributed by atoms with Gasteiger partial charge in [0.1, 0.15) is 0 Å². The lowest BCUT2D eigenvalue weighted by Crippen LogP contribution is -2.33. The number of nitrogens with zero attached hydrogens (tertiary/aromatic N) is 1. The molecule has 1 amide bonds. The number of rotatable bonds is 3. The number of amidine groups is 1. The minimum Gasteiger partial charge on any atom is -0.504 e. The largest absolute Gasteiger partial charge is 0.504 e. The van der Waals surface area contributed by atoms with E-state index in [2.05, 4.69) is 10.5 Å². The number of carbonyl (C=O) groups excluding carboxylic acids is 1. The van der Waals surface area contributed by atoms with Crippen LogP contribution in [0, 0.1) is 0 Å². The van der Waals surface area contributed by atoms with Gasteiger partial charge in [-0.1, -0.05) is 5.16 Å². The van der Waals surface area contributed by atoms with Crippen LogP contribution in [0.5, 0.6) is 11.5 Å². The molecule has 0 saturated carbocycles. The van der Waals surface area contributed by atoms with Crippen LogP contribution in [0.15, 0.2) is 23.4 Å². The Bertz CT molecular complexity index is 431. The first-order chi connectivity index (χ1) is 7.54. The molecule has 0 spiro atoms. The first-order valence-corrected chi connectivity index (χ1v) is 4.31. The molecule has 7 nitrogen and oxygen atoms in total. The maximum Gasteiger partial charge on any atom is 0.251 e. The molecular weight excluding hydrogens is 214 g/mol. The lowest BCUT2D eigenvalue weighted by atomic mass is 10.2. The molecule has 6 N–H and O–H groups in total. The number of hydrogen-bond acceptors (Lipinski definition) is 5. The molecule has 0 aliphatic carbocycles. The van der Waals surface area contributed by atoms with Crippen LogP contribution >= 0.6 is 0 Å². The summed E-state index contributed by atoms with van der Waals surface area (Å²) in [6.45, 7) is -0.114. The minimum atomic E-state index is -0.512. The van der Waals surface area contributed by atoms with Gasteiger partial charge in [-0.3, -0.25) is 4.79 Å². The average Bonchev–Trinajstić information content (AvgIpc) is 2.29. The zero-order valence-corrected chi connectivity index (χ0v) is 8.21. The van der Waals surface area contributed by atoms with Crippen molar-refractivity contribution < 1.29 is 20.2 Å². The van der Waals surface area contributed by atoms with Gasteiger partial charge in [-0.25, -0.2) is 0 Å². The van der Waals surface area contributed by atoms with Crippen molar-refractivity contribution >= 4 is 11.7 Å². The molecule has 0 saturated heterocycles. The van der Waals surface area contributed by atoms with Gasteiger partial charge >= 0.3 is 0 Å². The van der Waals surface area contributed by atoms with Crippen LogP contribution in [-0.2, 0) is 0 Å². The Hall–Kier alpha value is -2.44. The molecule has 0 aliphatic heterocycles. The van der Waals surface area contributed by atoms with Crippen molar-refractivity contribution in [2.45, 2.75) is 0 Å². The lowest BCUT2D eigenvalue weighted by Gasteiger charge is -2.04. The van der Waals surface area contributed by atoms with Crippen molar-refractivity contribution in [1.82, 2.24) is 5.32 Å². The maximum atomic E-state index is 11.4. The zero-order chi connectivity index (χ0) is 12.1. The number of amides is 1. The Morgan fingerprint density at radius 3 is 2.62 bits per heavy atom. The van der Waals surface area contributed by atoms with Crippen LogP contribution < -0.4 is 11.1 Å². The Morgan fingerprint density at radius 2 is 2.06 bits per heavy atom. The van der Waals surface area contributed by atoms with Crippen molar-refractivity contribution in [2.24, 2.45) is 10.9 Å². The van der Waals surface area contributed by atoms with Gasteiger partial charge in [0.2, 0.25) is 0 Å². The standard InChI is InChI=1S/C9H11N3O4/c10-8(12-16)4-11-9(15)5-1-2-6(13)7(14)3-5/h1-3,13-14,16H,4H2,(H2,10,12)(H,11,15). The fraction of sp³-hybridized carbons (Fsp3) is 0.111. The van der Waals surface area contributed by atoms with Crippen molar-refractivity contribution in [3.05, 3.63) is 23.8 Å². The van der Waals surface area contributed by atoms with Gasteiger partial charge in [-0.05, 0) is 18.2 Å². The summed E-state index contributed by atoms with van der Waals surface area (Å²) in [5.41, 5.74) is 5.30. The van der Waals surface area contributed by atoms with Crippen molar-refractivity contribution in [1.29, 1.82) is 0 Å². The molecule has 0 heterocycles. The molecule has 0 unspecified atom stereocenters. The molecule has 0 fully saturated rings. The number of hydrogen-bond donors (Lipinski definition) is 5. The first-order valence-electron chi connectivity index (χ1n) is 4.31. The zero-order valence-electron chi connectivity index (χ0n) is 8.21. The monoisotopic (exact) mass is 225 g/mol. The Labute approximate surface area is 90.8 Å². The van der Waals surface area contributed by atoms with Crippen LogP contribution in [-0.4, -0.2) is 33.7 Å². The average molecular weight is 225 g/mol. The van der Waals surface area contributed by atoms with E-state index < -0.39 is 11.7 Å². The summed E-state index contributed by atoms with van der Waals surface area (Å²) in [5.74, 6) is -1.36. The van der Waals surface area contributed by atoms with E-state index in [9.17, 15) is 4.79 Å². The predicted octanol–water partition coefficient (Wildman–Crippen LogP) is -0.426. The summed E-state index contributed by atoms with van der Waals surface area (Å²) < 4.78 is 0. The Kier molecular flexibility index (Phi) is 3.54. The number of phenolic OH excluding ortho intramolecular Hbond substituents is 2. The second-order valence-corrected chi connectivity index (χ2v) is 2.98. The Morgan fingerprint density at radius 1 is 1.38 bits per heavy atom. The van der Waals surface area contributed by atoms with Gasteiger partial charge in [0.15, 0.2) is 17.3 Å². The number of nitrogens with two attached hydrogens (primary N) is 1. The van der Waals surface area contributed by atoms with Gasteiger partial charge in [-0.15, -0.1) is 0 Å². The minimum absolute atomic E-state index is 0.114. The third-order valence-electron chi connectivity index (χ3n) is 1.80. The third-order valence-corrected chi connectivity index (χ3v) is 1.80. The van der Waals surface area contributed by atoms with Gasteiger partial charge < -0.3 is 26.5 Å². The normalized spacial score (nSPS) is 11.1. The highest BCUT2D eigenvalue weighted by atomic mass is 16.4. The summed E-state index contributed by atoms with van der Waals surface area (Å²) in [6, 6.07) is 3.63. The molecule has 86 valence electrons. The topological polar surface area (TPSA) is 128 Å². The number of oxime groups is 1. The highest BCUT2D eigenvalue weighted by Gasteiger charge is 2.08. The third kappa shape index (κ3) is 2.77. The van der Waals surface area contributed by atoms with E-state index in [-0.39, 0.29) is 23.7 Å². The Balaban J connectivity index is 2.70. The summed E-state index contributed by atoms with van der Waals surface area (Å²) >= 11 is 0. The van der Waals surface area contributed by atoms with Gasteiger partial charge in [0, 0.05) is 5.56 Å². The van der Waals surface area contributed by atoms with Crippen molar-refractivity contribution in [3.63, 3.8) is 0 Å². The molecule has 1 aromatic carbocycles. The molecule has 16 heavy (non-hydrogen) atoms. The molecule has 7 heteroatoms. The number of nitrogens with one attached hydrogen (secondary N) is 1. The van der Waals surface area contributed by atoms with E-state index >= 15 is 0 Å². The number of carbonyl (C=O) groups is 1. The lowest BCUT2D eigenvalue weighted by molar-refractivity contribution is 0.0958. The SMILES string of the molecule is N/C(CNC(=O)c1ccc(O)c(O)c1)=N/O.